The summed E-state index contributed by atoms with van der Waals surface area (Å²) < 4.78 is 0. The molecule has 3 heteroatoms. The minimum absolute atomic E-state index is 0.0284. The lowest BCUT2D eigenvalue weighted by atomic mass is 9.35. The number of carbonyl (C=O) groups is 1. The number of nitriles is 2. The van der Waals surface area contributed by atoms with Crippen LogP contribution in [0.25, 0.3) is 0 Å². The normalized spacial score (nSPS) is 51.3. The van der Waals surface area contributed by atoms with Crippen LogP contribution in [0.2, 0.25) is 0 Å². The van der Waals surface area contributed by atoms with Crippen LogP contribution in [0, 0.1) is 72.9 Å². The molecule has 0 amide bonds. The van der Waals surface area contributed by atoms with Crippen LogP contribution in [0.4, 0.5) is 0 Å². The molecule has 0 spiro atoms. The average Bonchev–Trinajstić information content (AvgIpc) is 2.78. The fourth-order valence-corrected chi connectivity index (χ4v) is 9.86. The molecule has 0 radical (unpaired) electrons. The molecule has 5 aliphatic carbocycles. The fourth-order valence-electron chi connectivity index (χ4n) is 9.86. The Labute approximate surface area is 206 Å². The molecular weight excluding hydrogens is 416 g/mol. The zero-order valence-corrected chi connectivity index (χ0v) is 22.3. The average molecular weight is 459 g/mol. The molecule has 4 fully saturated rings. The number of Topliss-reactive ketones (excluding diaryl/α,β-unsaturated/α-hetero) is 1. The van der Waals surface area contributed by atoms with Crippen molar-refractivity contribution in [2.45, 2.75) is 99.8 Å². The van der Waals surface area contributed by atoms with Crippen LogP contribution in [-0.4, -0.2) is 5.78 Å². The van der Waals surface area contributed by atoms with Crippen molar-refractivity contribution in [1.82, 2.24) is 0 Å². The van der Waals surface area contributed by atoms with Crippen molar-refractivity contribution in [3.8, 4) is 12.1 Å². The summed E-state index contributed by atoms with van der Waals surface area (Å²) in [5.74, 6) is 0.370. The van der Waals surface area contributed by atoms with E-state index in [0.29, 0.717) is 12.3 Å². The van der Waals surface area contributed by atoms with Crippen molar-refractivity contribution in [1.29, 1.82) is 10.5 Å². The van der Waals surface area contributed by atoms with E-state index in [2.05, 4.69) is 72.8 Å². The molecule has 0 aliphatic heterocycles. The number of carbonyl (C=O) groups excluding carboxylic acids is 1. The van der Waals surface area contributed by atoms with E-state index in [1.54, 1.807) is 5.57 Å². The first-order valence-corrected chi connectivity index (χ1v) is 13.5. The summed E-state index contributed by atoms with van der Waals surface area (Å²) in [6.07, 6.45) is 13.2. The van der Waals surface area contributed by atoms with E-state index in [4.69, 9.17) is 0 Å². The highest BCUT2D eigenvalue weighted by Gasteiger charge is 2.67. The maximum atomic E-state index is 13.2. The van der Waals surface area contributed by atoms with Crippen LogP contribution in [0.5, 0.6) is 0 Å². The van der Waals surface area contributed by atoms with Gasteiger partial charge in [0.1, 0.15) is 5.92 Å². The number of rotatable bonds is 0. The number of ketones is 1. The second-order valence-electron chi connectivity index (χ2n) is 14.4. The summed E-state index contributed by atoms with van der Waals surface area (Å²) in [7, 11) is 0. The zero-order chi connectivity index (χ0) is 24.9. The van der Waals surface area contributed by atoms with Crippen molar-refractivity contribution in [2.24, 2.45) is 50.2 Å². The van der Waals surface area contributed by atoms with Crippen molar-refractivity contribution >= 4 is 5.78 Å². The lowest BCUT2D eigenvalue weighted by Crippen LogP contribution is -2.61. The predicted molar refractivity (Wildman–Crippen MR) is 134 cm³/mol. The summed E-state index contributed by atoms with van der Waals surface area (Å²) in [6.45, 7) is 16.2. The third-order valence-electron chi connectivity index (χ3n) is 12.4. The molecule has 5 aliphatic rings. The third kappa shape index (κ3) is 2.71. The van der Waals surface area contributed by atoms with Crippen molar-refractivity contribution in [3.63, 3.8) is 0 Å². The van der Waals surface area contributed by atoms with Gasteiger partial charge in [-0.15, -0.1) is 0 Å². The molecule has 0 heterocycles. The minimum Gasteiger partial charge on any atom is -0.298 e. The van der Waals surface area contributed by atoms with Crippen LogP contribution >= 0.6 is 0 Å². The molecule has 182 valence electrons. The van der Waals surface area contributed by atoms with Crippen molar-refractivity contribution in [3.05, 3.63) is 23.3 Å². The van der Waals surface area contributed by atoms with Gasteiger partial charge in [0.2, 0.25) is 0 Å². The Morgan fingerprint density at radius 1 is 0.853 bits per heavy atom. The van der Waals surface area contributed by atoms with Gasteiger partial charge in [-0.05, 0) is 91.8 Å². The summed E-state index contributed by atoms with van der Waals surface area (Å²) >= 11 is 0. The van der Waals surface area contributed by atoms with Crippen LogP contribution in [0.15, 0.2) is 23.3 Å². The third-order valence-corrected chi connectivity index (χ3v) is 12.4. The van der Waals surface area contributed by atoms with Gasteiger partial charge in [0.25, 0.3) is 0 Å². The zero-order valence-electron chi connectivity index (χ0n) is 22.3. The molecule has 5 rings (SSSR count). The summed E-state index contributed by atoms with van der Waals surface area (Å²) in [5, 5.41) is 19.9. The lowest BCUT2D eigenvalue weighted by Gasteiger charge is -2.68. The lowest BCUT2D eigenvalue weighted by molar-refractivity contribution is -0.148. The van der Waals surface area contributed by atoms with Gasteiger partial charge < -0.3 is 0 Å². The first-order chi connectivity index (χ1) is 15.7. The van der Waals surface area contributed by atoms with Gasteiger partial charge in [0.05, 0.1) is 17.6 Å². The number of hydrogen-bond acceptors (Lipinski definition) is 3. The van der Waals surface area contributed by atoms with Gasteiger partial charge in [-0.3, -0.25) is 4.79 Å². The largest absolute Gasteiger partial charge is 0.298 e. The number of allylic oxidation sites excluding steroid dienone is 4. The Kier molecular flexibility index (Phi) is 4.82. The summed E-state index contributed by atoms with van der Waals surface area (Å²) in [6, 6.07) is 5.04. The standard InChI is InChI=1S/C31H42N2O/c1-26(2)23-10-11-31(7)24(29(23,5)16-20(18-32)25(26)34)9-8-21-22-17-27(3,19-33)12-13-28(22,4)14-15-30(21,31)6/h8-9,20,22-23H,10-17H2,1-7H3/t20?,22-,23-,27-,28+,29-,30+,31+/m0/s1. The SMILES string of the molecule is CC1(C)C(=O)C(C#N)C[C@]2(C)C3=CC=C4[C@@H]5C[C@@](C)(C#N)CC[C@]5(C)CC[C@@]4(C)[C@]3(C)CC[C@@H]12. The van der Waals surface area contributed by atoms with Gasteiger partial charge in [-0.1, -0.05) is 64.8 Å². The molecule has 0 aromatic rings. The van der Waals surface area contributed by atoms with Crippen molar-refractivity contribution < 1.29 is 4.79 Å². The smallest absolute Gasteiger partial charge is 0.155 e. The van der Waals surface area contributed by atoms with Crippen LogP contribution in [-0.2, 0) is 4.79 Å². The second-order valence-corrected chi connectivity index (χ2v) is 14.4. The Hall–Kier alpha value is -1.87. The van der Waals surface area contributed by atoms with Crippen LogP contribution in [0.3, 0.4) is 0 Å². The first-order valence-electron chi connectivity index (χ1n) is 13.5. The molecule has 3 nitrogen and oxygen atoms in total. The molecule has 0 bridgehead atoms. The Morgan fingerprint density at radius 3 is 2.18 bits per heavy atom. The minimum atomic E-state index is -0.512. The van der Waals surface area contributed by atoms with Crippen molar-refractivity contribution in [2.75, 3.05) is 0 Å². The highest BCUT2D eigenvalue weighted by Crippen LogP contribution is 2.74. The fraction of sp³-hybridized carbons (Fsp3) is 0.774. The number of fused-ring (bicyclic) bond motifs is 7. The first kappa shape index (κ1) is 23.9. The van der Waals surface area contributed by atoms with E-state index < -0.39 is 11.3 Å². The van der Waals surface area contributed by atoms with E-state index in [1.165, 1.54) is 18.4 Å². The highest BCUT2D eigenvalue weighted by atomic mass is 16.1. The van der Waals surface area contributed by atoms with Crippen LogP contribution < -0.4 is 0 Å². The van der Waals surface area contributed by atoms with Crippen LogP contribution in [0.1, 0.15) is 99.8 Å². The molecule has 8 atom stereocenters. The van der Waals surface area contributed by atoms with E-state index in [1.807, 2.05) is 0 Å². The quantitative estimate of drug-likeness (QED) is 0.376. The second kappa shape index (κ2) is 6.87. The Balaban J connectivity index is 1.65. The molecule has 1 unspecified atom stereocenters. The molecular formula is C31H42N2O. The Morgan fingerprint density at radius 2 is 1.53 bits per heavy atom. The summed E-state index contributed by atoms with van der Waals surface area (Å²) in [5.41, 5.74) is 2.62. The topological polar surface area (TPSA) is 64.7 Å². The highest BCUT2D eigenvalue weighted by molar-refractivity contribution is 5.90. The molecule has 4 saturated carbocycles. The monoisotopic (exact) mass is 458 g/mol. The number of hydrogen-bond donors (Lipinski definition) is 0. The van der Waals surface area contributed by atoms with Gasteiger partial charge in [-0.25, -0.2) is 0 Å². The molecule has 0 N–H and O–H groups in total. The molecule has 34 heavy (non-hydrogen) atoms. The predicted octanol–water partition coefficient (Wildman–Crippen LogP) is 7.55. The molecule has 0 aromatic carbocycles. The van der Waals surface area contributed by atoms with E-state index >= 15 is 0 Å². The maximum absolute atomic E-state index is 13.2. The molecule has 0 saturated heterocycles. The van der Waals surface area contributed by atoms with Gasteiger partial charge in [0, 0.05) is 5.41 Å². The summed E-state index contributed by atoms with van der Waals surface area (Å²) in [4.78, 5) is 13.2. The van der Waals surface area contributed by atoms with Gasteiger partial charge in [0.15, 0.2) is 5.78 Å². The maximum Gasteiger partial charge on any atom is 0.155 e. The molecule has 0 aromatic heterocycles. The van der Waals surface area contributed by atoms with Gasteiger partial charge >= 0.3 is 0 Å². The number of nitrogens with zero attached hydrogens (tertiary/aromatic N) is 2. The Bertz CT molecular complexity index is 1100. The van der Waals surface area contributed by atoms with E-state index in [0.717, 1.165) is 32.1 Å². The van der Waals surface area contributed by atoms with Gasteiger partial charge in [-0.2, -0.15) is 10.5 Å². The van der Waals surface area contributed by atoms with E-state index in [9.17, 15) is 15.3 Å². The van der Waals surface area contributed by atoms with E-state index in [-0.39, 0.29) is 38.8 Å².